The highest BCUT2D eigenvalue weighted by Crippen LogP contribution is 2.30. The third kappa shape index (κ3) is 5.83. The summed E-state index contributed by atoms with van der Waals surface area (Å²) in [6, 6.07) is 13.2. The van der Waals surface area contributed by atoms with Gasteiger partial charge >= 0.3 is 5.97 Å². The van der Waals surface area contributed by atoms with Gasteiger partial charge in [-0.3, -0.25) is 19.9 Å². The molecule has 0 saturated carbocycles. The van der Waals surface area contributed by atoms with E-state index in [1.54, 1.807) is 6.92 Å². The number of esters is 1. The number of hydrogen-bond donors (Lipinski definition) is 1. The fourth-order valence-electron chi connectivity index (χ4n) is 4.26. The normalized spacial score (nSPS) is 13.9. The van der Waals surface area contributed by atoms with E-state index < -0.39 is 17.4 Å². The molecule has 11 heteroatoms. The molecule has 0 bridgehead atoms. The third-order valence-corrected chi connectivity index (χ3v) is 6.22. The number of nitrogens with one attached hydrogen (secondary N) is 1. The van der Waals surface area contributed by atoms with Gasteiger partial charge < -0.3 is 19.1 Å². The number of benzene rings is 2. The number of ether oxygens (including phenoxy) is 3. The standard InChI is InChI=1S/C26H31N5O6/c1-4-37-26(34)24-27-20-17-22(36-3)21(35-2)16-19(20)25(33)31(24)28-23(32)10-11-29-12-14-30(15-13-29)18-8-6-5-7-9-18/h5-9,16-17H,4,10-15H2,1-3H3,(H,28,32). The molecule has 37 heavy (non-hydrogen) atoms. The fourth-order valence-corrected chi connectivity index (χ4v) is 4.26. The van der Waals surface area contributed by atoms with Crippen LogP contribution in [0.15, 0.2) is 47.3 Å². The minimum atomic E-state index is -0.825. The molecule has 1 saturated heterocycles. The van der Waals surface area contributed by atoms with Gasteiger partial charge in [-0.05, 0) is 25.1 Å². The number of aromatic nitrogens is 2. The molecule has 2 heterocycles. The molecule has 1 aliphatic rings. The molecular formula is C26H31N5O6. The van der Waals surface area contributed by atoms with Gasteiger partial charge in [0.25, 0.3) is 5.56 Å². The second-order valence-electron chi connectivity index (χ2n) is 8.47. The first-order valence-electron chi connectivity index (χ1n) is 12.1. The van der Waals surface area contributed by atoms with E-state index in [9.17, 15) is 14.4 Å². The predicted octanol–water partition coefficient (Wildman–Crippen LogP) is 1.87. The number of amides is 1. The highest BCUT2D eigenvalue weighted by atomic mass is 16.5. The number of rotatable bonds is 9. The van der Waals surface area contributed by atoms with Crippen LogP contribution in [0, 0.1) is 0 Å². The van der Waals surface area contributed by atoms with Gasteiger partial charge in [0, 0.05) is 50.9 Å². The Morgan fingerprint density at radius 1 is 1.00 bits per heavy atom. The maximum Gasteiger partial charge on any atom is 0.376 e. The van der Waals surface area contributed by atoms with Crippen LogP contribution in [0.2, 0.25) is 0 Å². The van der Waals surface area contributed by atoms with E-state index in [2.05, 4.69) is 32.3 Å². The summed E-state index contributed by atoms with van der Waals surface area (Å²) >= 11 is 0. The number of piperazine rings is 1. The summed E-state index contributed by atoms with van der Waals surface area (Å²) in [7, 11) is 2.91. The van der Waals surface area contributed by atoms with Gasteiger partial charge in [-0.2, -0.15) is 4.68 Å². The number of anilines is 1. The zero-order chi connectivity index (χ0) is 26.4. The lowest BCUT2D eigenvalue weighted by atomic mass is 10.2. The number of nitrogens with zero attached hydrogens (tertiary/aromatic N) is 4. The maximum atomic E-state index is 13.3. The summed E-state index contributed by atoms with van der Waals surface area (Å²) in [5.41, 5.74) is 3.32. The first-order chi connectivity index (χ1) is 17.9. The van der Waals surface area contributed by atoms with Gasteiger partial charge in [0.1, 0.15) is 0 Å². The van der Waals surface area contributed by atoms with Crippen LogP contribution >= 0.6 is 0 Å². The summed E-state index contributed by atoms with van der Waals surface area (Å²) in [5, 5.41) is 0.156. The van der Waals surface area contributed by atoms with Crippen molar-refractivity contribution in [3.63, 3.8) is 0 Å². The molecule has 0 unspecified atom stereocenters. The molecule has 1 N–H and O–H groups in total. The Morgan fingerprint density at radius 2 is 1.68 bits per heavy atom. The average Bonchev–Trinajstić information content (AvgIpc) is 2.93. The first-order valence-corrected chi connectivity index (χ1v) is 12.1. The van der Waals surface area contributed by atoms with Crippen molar-refractivity contribution in [1.29, 1.82) is 0 Å². The molecule has 3 aromatic rings. The third-order valence-electron chi connectivity index (χ3n) is 6.22. The lowest BCUT2D eigenvalue weighted by Crippen LogP contribution is -2.47. The molecule has 0 atom stereocenters. The van der Waals surface area contributed by atoms with Crippen LogP contribution in [0.4, 0.5) is 5.69 Å². The summed E-state index contributed by atoms with van der Waals surface area (Å²) in [6.07, 6.45) is 0.143. The molecule has 1 aliphatic heterocycles. The van der Waals surface area contributed by atoms with E-state index in [0.717, 1.165) is 30.9 Å². The number of para-hydroxylation sites is 1. The molecule has 0 aliphatic carbocycles. The maximum absolute atomic E-state index is 13.3. The van der Waals surface area contributed by atoms with Gasteiger partial charge in [-0.15, -0.1) is 0 Å². The molecule has 1 fully saturated rings. The summed E-state index contributed by atoms with van der Waals surface area (Å²) in [6.45, 7) is 5.59. The summed E-state index contributed by atoms with van der Waals surface area (Å²) in [5.74, 6) is -0.888. The van der Waals surface area contributed by atoms with Crippen molar-refractivity contribution in [2.24, 2.45) is 0 Å². The van der Waals surface area contributed by atoms with Crippen molar-refractivity contribution in [2.75, 3.05) is 63.9 Å². The van der Waals surface area contributed by atoms with Crippen molar-refractivity contribution in [2.45, 2.75) is 13.3 Å². The Bertz CT molecular complexity index is 1320. The lowest BCUT2D eigenvalue weighted by Gasteiger charge is -2.36. The van der Waals surface area contributed by atoms with Crippen LogP contribution in [0.5, 0.6) is 11.5 Å². The molecule has 4 rings (SSSR count). The minimum absolute atomic E-state index is 0.0849. The van der Waals surface area contributed by atoms with Crippen LogP contribution in [0.25, 0.3) is 10.9 Å². The largest absolute Gasteiger partial charge is 0.493 e. The van der Waals surface area contributed by atoms with E-state index in [1.165, 1.54) is 32.0 Å². The Balaban J connectivity index is 1.49. The van der Waals surface area contributed by atoms with Crippen molar-refractivity contribution in [3.05, 3.63) is 58.6 Å². The Kier molecular flexibility index (Phi) is 8.24. The summed E-state index contributed by atoms with van der Waals surface area (Å²) < 4.78 is 16.5. The second kappa shape index (κ2) is 11.7. The SMILES string of the molecule is CCOC(=O)c1nc2cc(OC)c(OC)cc2c(=O)n1NC(=O)CCN1CCN(c2ccccc2)CC1. The van der Waals surface area contributed by atoms with E-state index in [1.807, 2.05) is 18.2 Å². The van der Waals surface area contributed by atoms with Crippen LogP contribution in [0.3, 0.4) is 0 Å². The molecule has 0 spiro atoms. The highest BCUT2D eigenvalue weighted by molar-refractivity contribution is 5.92. The quantitative estimate of drug-likeness (QED) is 0.432. The van der Waals surface area contributed by atoms with Gasteiger partial charge in [-0.25, -0.2) is 9.78 Å². The zero-order valence-corrected chi connectivity index (χ0v) is 21.2. The molecule has 11 nitrogen and oxygen atoms in total. The number of hydrogen-bond acceptors (Lipinski definition) is 9. The number of carbonyl (C=O) groups excluding carboxylic acids is 2. The van der Waals surface area contributed by atoms with E-state index in [0.29, 0.717) is 18.0 Å². The van der Waals surface area contributed by atoms with Gasteiger partial charge in [0.15, 0.2) is 11.5 Å². The topological polar surface area (TPSA) is 115 Å². The number of fused-ring (bicyclic) bond motifs is 1. The smallest absolute Gasteiger partial charge is 0.376 e. The van der Waals surface area contributed by atoms with Crippen LogP contribution in [0.1, 0.15) is 24.0 Å². The molecule has 2 aromatic carbocycles. The fraction of sp³-hybridized carbons (Fsp3) is 0.385. The minimum Gasteiger partial charge on any atom is -0.493 e. The van der Waals surface area contributed by atoms with Crippen LogP contribution in [-0.2, 0) is 9.53 Å². The van der Waals surface area contributed by atoms with Gasteiger partial charge in [0.05, 0.1) is 31.7 Å². The monoisotopic (exact) mass is 509 g/mol. The lowest BCUT2D eigenvalue weighted by molar-refractivity contribution is -0.117. The number of methoxy groups -OCH3 is 2. The van der Waals surface area contributed by atoms with E-state index >= 15 is 0 Å². The summed E-state index contributed by atoms with van der Waals surface area (Å²) in [4.78, 5) is 47.6. The van der Waals surface area contributed by atoms with Crippen molar-refractivity contribution < 1.29 is 23.8 Å². The Labute approximate surface area is 214 Å². The van der Waals surface area contributed by atoms with Crippen LogP contribution in [-0.4, -0.2) is 80.0 Å². The van der Waals surface area contributed by atoms with Gasteiger partial charge in [0.2, 0.25) is 11.7 Å². The molecule has 196 valence electrons. The average molecular weight is 510 g/mol. The molecule has 1 aromatic heterocycles. The Hall–Kier alpha value is -4.12. The molecular weight excluding hydrogens is 478 g/mol. The predicted molar refractivity (Wildman–Crippen MR) is 139 cm³/mol. The van der Waals surface area contributed by atoms with Crippen molar-refractivity contribution in [3.8, 4) is 11.5 Å². The molecule has 1 amide bonds. The van der Waals surface area contributed by atoms with E-state index in [-0.39, 0.29) is 29.8 Å². The first kappa shape index (κ1) is 26.0. The van der Waals surface area contributed by atoms with Crippen molar-refractivity contribution >= 4 is 28.5 Å². The van der Waals surface area contributed by atoms with Crippen LogP contribution < -0.4 is 25.4 Å². The van der Waals surface area contributed by atoms with Crippen molar-refractivity contribution in [1.82, 2.24) is 14.6 Å². The number of carbonyl (C=O) groups is 2. The highest BCUT2D eigenvalue weighted by Gasteiger charge is 2.23. The zero-order valence-electron chi connectivity index (χ0n) is 21.2. The van der Waals surface area contributed by atoms with Gasteiger partial charge in [-0.1, -0.05) is 18.2 Å². The second-order valence-corrected chi connectivity index (χ2v) is 8.47. The Morgan fingerprint density at radius 3 is 2.32 bits per heavy atom. The van der Waals surface area contributed by atoms with E-state index in [4.69, 9.17) is 14.2 Å². The molecule has 0 radical (unpaired) electrons.